The van der Waals surface area contributed by atoms with Crippen molar-refractivity contribution < 1.29 is 14.3 Å². The first kappa shape index (κ1) is 18.9. The molecule has 1 amide bonds. The van der Waals surface area contributed by atoms with Crippen molar-refractivity contribution >= 4 is 11.7 Å². The summed E-state index contributed by atoms with van der Waals surface area (Å²) in [4.78, 5) is 21.3. The second-order valence-corrected chi connectivity index (χ2v) is 6.46. The highest BCUT2D eigenvalue weighted by molar-refractivity contribution is 5.94. The fraction of sp³-hybridized carbons (Fsp3) is 0.450. The third-order valence-corrected chi connectivity index (χ3v) is 4.18. The molecule has 7 nitrogen and oxygen atoms in total. The predicted octanol–water partition coefficient (Wildman–Crippen LogP) is 2.74. The SMILES string of the molecule is CCCCc1nc(C)cc(NCCNC(=O)c2ccc3c(c2)OCCO3)n1. The smallest absolute Gasteiger partial charge is 0.251 e. The van der Waals surface area contributed by atoms with Crippen molar-refractivity contribution in [3.63, 3.8) is 0 Å². The second kappa shape index (κ2) is 9.21. The summed E-state index contributed by atoms with van der Waals surface area (Å²) >= 11 is 0. The molecule has 7 heteroatoms. The van der Waals surface area contributed by atoms with Crippen LogP contribution in [0.15, 0.2) is 24.3 Å². The Labute approximate surface area is 159 Å². The van der Waals surface area contributed by atoms with E-state index in [2.05, 4.69) is 27.5 Å². The van der Waals surface area contributed by atoms with Crippen molar-refractivity contribution in [2.24, 2.45) is 0 Å². The largest absolute Gasteiger partial charge is 0.486 e. The first-order valence-electron chi connectivity index (χ1n) is 9.42. The van der Waals surface area contributed by atoms with E-state index in [1.165, 1.54) is 0 Å². The van der Waals surface area contributed by atoms with Gasteiger partial charge < -0.3 is 20.1 Å². The Kier molecular flexibility index (Phi) is 6.46. The number of unbranched alkanes of at least 4 members (excludes halogenated alkanes) is 1. The van der Waals surface area contributed by atoms with Gasteiger partial charge in [-0.1, -0.05) is 13.3 Å². The highest BCUT2D eigenvalue weighted by atomic mass is 16.6. The molecule has 0 saturated carbocycles. The number of hydrogen-bond acceptors (Lipinski definition) is 6. The van der Waals surface area contributed by atoms with Crippen LogP contribution in [0.1, 0.15) is 41.6 Å². The molecule has 1 aromatic heterocycles. The van der Waals surface area contributed by atoms with Gasteiger partial charge in [-0.15, -0.1) is 0 Å². The molecule has 3 rings (SSSR count). The van der Waals surface area contributed by atoms with Crippen LogP contribution in [0.3, 0.4) is 0 Å². The van der Waals surface area contributed by atoms with Crippen molar-refractivity contribution in [1.29, 1.82) is 0 Å². The summed E-state index contributed by atoms with van der Waals surface area (Å²) in [6.07, 6.45) is 3.08. The number of rotatable bonds is 8. The lowest BCUT2D eigenvalue weighted by Crippen LogP contribution is -2.29. The molecule has 144 valence electrons. The first-order chi connectivity index (χ1) is 13.2. The Morgan fingerprint density at radius 1 is 1.11 bits per heavy atom. The Morgan fingerprint density at radius 2 is 1.93 bits per heavy atom. The maximum Gasteiger partial charge on any atom is 0.251 e. The zero-order valence-electron chi connectivity index (χ0n) is 15.9. The molecule has 0 spiro atoms. The fourth-order valence-corrected chi connectivity index (χ4v) is 2.82. The van der Waals surface area contributed by atoms with Crippen LogP contribution in [0, 0.1) is 6.92 Å². The van der Waals surface area contributed by atoms with E-state index in [9.17, 15) is 4.79 Å². The number of hydrogen-bond donors (Lipinski definition) is 2. The molecule has 0 aliphatic carbocycles. The van der Waals surface area contributed by atoms with Gasteiger partial charge >= 0.3 is 0 Å². The highest BCUT2D eigenvalue weighted by Crippen LogP contribution is 2.30. The van der Waals surface area contributed by atoms with Crippen LogP contribution in [-0.4, -0.2) is 42.2 Å². The van der Waals surface area contributed by atoms with Gasteiger partial charge in [0.1, 0.15) is 24.9 Å². The number of aromatic nitrogens is 2. The lowest BCUT2D eigenvalue weighted by atomic mass is 10.2. The summed E-state index contributed by atoms with van der Waals surface area (Å²) < 4.78 is 11.0. The third kappa shape index (κ3) is 5.32. The summed E-state index contributed by atoms with van der Waals surface area (Å²) in [6.45, 7) is 6.22. The van der Waals surface area contributed by atoms with Crippen molar-refractivity contribution in [1.82, 2.24) is 15.3 Å². The Bertz CT molecular complexity index is 795. The van der Waals surface area contributed by atoms with E-state index in [4.69, 9.17) is 9.47 Å². The number of aryl methyl sites for hydroxylation is 2. The number of anilines is 1. The van der Waals surface area contributed by atoms with E-state index in [0.717, 1.165) is 36.6 Å². The van der Waals surface area contributed by atoms with Crippen molar-refractivity contribution in [2.45, 2.75) is 33.1 Å². The Hall–Kier alpha value is -2.83. The van der Waals surface area contributed by atoms with Gasteiger partial charge in [-0.25, -0.2) is 9.97 Å². The fourth-order valence-electron chi connectivity index (χ4n) is 2.82. The number of carbonyl (C=O) groups is 1. The van der Waals surface area contributed by atoms with Gasteiger partial charge in [-0.2, -0.15) is 0 Å². The molecular weight excluding hydrogens is 344 g/mol. The molecule has 27 heavy (non-hydrogen) atoms. The van der Waals surface area contributed by atoms with Crippen LogP contribution < -0.4 is 20.1 Å². The maximum absolute atomic E-state index is 12.3. The molecule has 2 N–H and O–H groups in total. The summed E-state index contributed by atoms with van der Waals surface area (Å²) in [7, 11) is 0. The van der Waals surface area contributed by atoms with Gasteiger partial charge in [-0.05, 0) is 31.5 Å². The van der Waals surface area contributed by atoms with Crippen LogP contribution >= 0.6 is 0 Å². The van der Waals surface area contributed by atoms with E-state index in [1.54, 1.807) is 18.2 Å². The lowest BCUT2D eigenvalue weighted by Gasteiger charge is -2.18. The number of carbonyl (C=O) groups excluding carboxylic acids is 1. The van der Waals surface area contributed by atoms with Crippen LogP contribution in [0.4, 0.5) is 5.82 Å². The molecule has 0 fully saturated rings. The Morgan fingerprint density at radius 3 is 2.74 bits per heavy atom. The lowest BCUT2D eigenvalue weighted by molar-refractivity contribution is 0.0954. The summed E-state index contributed by atoms with van der Waals surface area (Å²) in [5.41, 5.74) is 1.50. The summed E-state index contributed by atoms with van der Waals surface area (Å²) in [6, 6.07) is 7.14. The number of nitrogens with one attached hydrogen (secondary N) is 2. The van der Waals surface area contributed by atoms with Gasteiger partial charge in [0.25, 0.3) is 5.91 Å². The molecule has 1 aliphatic rings. The molecular formula is C20H26N4O3. The molecule has 2 heterocycles. The zero-order chi connectivity index (χ0) is 19.1. The van der Waals surface area contributed by atoms with Crippen LogP contribution in [0.25, 0.3) is 0 Å². The van der Waals surface area contributed by atoms with E-state index >= 15 is 0 Å². The van der Waals surface area contributed by atoms with Crippen LogP contribution in [0.2, 0.25) is 0 Å². The van der Waals surface area contributed by atoms with E-state index < -0.39 is 0 Å². The van der Waals surface area contributed by atoms with Crippen molar-refractivity contribution in [3.05, 3.63) is 41.3 Å². The van der Waals surface area contributed by atoms with Gasteiger partial charge in [0, 0.05) is 36.8 Å². The average Bonchev–Trinajstić information content (AvgIpc) is 2.68. The minimum absolute atomic E-state index is 0.142. The van der Waals surface area contributed by atoms with Gasteiger partial charge in [0.15, 0.2) is 11.5 Å². The molecule has 0 bridgehead atoms. The molecule has 0 saturated heterocycles. The van der Waals surface area contributed by atoms with E-state index in [0.29, 0.717) is 43.4 Å². The van der Waals surface area contributed by atoms with Crippen LogP contribution in [0.5, 0.6) is 11.5 Å². The minimum Gasteiger partial charge on any atom is -0.486 e. The average molecular weight is 370 g/mol. The molecule has 0 atom stereocenters. The topological polar surface area (TPSA) is 85.4 Å². The standard InChI is InChI=1S/C20H26N4O3/c1-3-4-5-18-23-14(2)12-19(24-18)21-8-9-22-20(25)15-6-7-16-17(13-15)27-11-10-26-16/h6-7,12-13H,3-5,8-11H2,1-2H3,(H,22,25)(H,21,23,24). The molecule has 1 aromatic carbocycles. The normalized spacial score (nSPS) is 12.5. The van der Waals surface area contributed by atoms with Crippen molar-refractivity contribution in [3.8, 4) is 11.5 Å². The van der Waals surface area contributed by atoms with E-state index in [1.807, 2.05) is 13.0 Å². The molecule has 0 unspecified atom stereocenters. The monoisotopic (exact) mass is 370 g/mol. The number of benzene rings is 1. The van der Waals surface area contributed by atoms with Crippen LogP contribution in [-0.2, 0) is 6.42 Å². The molecule has 1 aliphatic heterocycles. The minimum atomic E-state index is -0.142. The zero-order valence-corrected chi connectivity index (χ0v) is 15.9. The number of nitrogens with zero attached hydrogens (tertiary/aromatic N) is 2. The quantitative estimate of drug-likeness (QED) is 0.695. The van der Waals surface area contributed by atoms with Gasteiger partial charge in [0.2, 0.25) is 0 Å². The third-order valence-electron chi connectivity index (χ3n) is 4.18. The molecule has 2 aromatic rings. The number of fused-ring (bicyclic) bond motifs is 1. The maximum atomic E-state index is 12.3. The van der Waals surface area contributed by atoms with Gasteiger partial charge in [-0.3, -0.25) is 4.79 Å². The van der Waals surface area contributed by atoms with Crippen molar-refractivity contribution in [2.75, 3.05) is 31.6 Å². The highest BCUT2D eigenvalue weighted by Gasteiger charge is 2.14. The molecule has 0 radical (unpaired) electrons. The first-order valence-corrected chi connectivity index (χ1v) is 9.42. The van der Waals surface area contributed by atoms with E-state index in [-0.39, 0.29) is 5.91 Å². The Balaban J connectivity index is 1.48. The predicted molar refractivity (Wildman–Crippen MR) is 104 cm³/mol. The van der Waals surface area contributed by atoms with Gasteiger partial charge in [0.05, 0.1) is 0 Å². The number of amides is 1. The second-order valence-electron chi connectivity index (χ2n) is 6.46. The number of ether oxygens (including phenoxy) is 2. The summed E-state index contributed by atoms with van der Waals surface area (Å²) in [5, 5.41) is 6.15. The summed E-state index contributed by atoms with van der Waals surface area (Å²) in [5.74, 6) is 2.80.